The highest BCUT2D eigenvalue weighted by Gasteiger charge is 2.31. The predicted molar refractivity (Wildman–Crippen MR) is 95.2 cm³/mol. The Bertz CT molecular complexity index is 799. The molecule has 0 fully saturated rings. The second kappa shape index (κ2) is 7.72. The van der Waals surface area contributed by atoms with Crippen molar-refractivity contribution in [2.45, 2.75) is 38.7 Å². The van der Waals surface area contributed by atoms with E-state index in [4.69, 9.17) is 0 Å². The van der Waals surface area contributed by atoms with Crippen molar-refractivity contribution in [1.82, 2.24) is 19.6 Å². The van der Waals surface area contributed by atoms with Gasteiger partial charge in [-0.05, 0) is 5.56 Å². The minimum atomic E-state index is -4.25. The molecule has 1 aromatic carbocycles. The van der Waals surface area contributed by atoms with Crippen LogP contribution in [0.25, 0.3) is 0 Å². The van der Waals surface area contributed by atoms with E-state index >= 15 is 0 Å². The number of rotatable bonds is 5. The van der Waals surface area contributed by atoms with Crippen LogP contribution in [0, 0.1) is 0 Å². The van der Waals surface area contributed by atoms with Crippen LogP contribution in [0.1, 0.15) is 33.7 Å². The first-order chi connectivity index (χ1) is 12.7. The van der Waals surface area contributed by atoms with Gasteiger partial charge in [0.15, 0.2) is 5.69 Å². The summed E-state index contributed by atoms with van der Waals surface area (Å²) in [5.41, 5.74) is 2.91. The number of fused-ring (bicyclic) bond motifs is 1. The van der Waals surface area contributed by atoms with Gasteiger partial charge >= 0.3 is 6.18 Å². The van der Waals surface area contributed by atoms with E-state index in [0.29, 0.717) is 13.0 Å². The van der Waals surface area contributed by atoms with Gasteiger partial charge in [0.2, 0.25) is 0 Å². The van der Waals surface area contributed by atoms with Gasteiger partial charge in [0.1, 0.15) is 0 Å². The Morgan fingerprint density at radius 1 is 1.22 bits per heavy atom. The lowest BCUT2D eigenvalue weighted by Gasteiger charge is -2.28. The zero-order valence-corrected chi connectivity index (χ0v) is 15.5. The monoisotopic (exact) mass is 380 g/mol. The molecule has 0 unspecified atom stereocenters. The summed E-state index contributed by atoms with van der Waals surface area (Å²) in [6.45, 7) is 1.69. The van der Waals surface area contributed by atoms with E-state index < -0.39 is 12.6 Å². The van der Waals surface area contributed by atoms with Crippen LogP contribution < -0.4 is 0 Å². The topological polar surface area (TPSA) is 41.4 Å². The van der Waals surface area contributed by atoms with Crippen LogP contribution in [0.5, 0.6) is 0 Å². The maximum Gasteiger partial charge on any atom is 0.390 e. The fraction of sp³-hybridized carbons (Fsp3) is 0.474. The molecule has 1 amide bonds. The molecule has 0 saturated carbocycles. The molecule has 1 aromatic heterocycles. The molecule has 1 aliphatic rings. The summed E-state index contributed by atoms with van der Waals surface area (Å²) < 4.78 is 39.3. The van der Waals surface area contributed by atoms with E-state index in [0.717, 1.165) is 29.9 Å². The fourth-order valence-electron chi connectivity index (χ4n) is 3.32. The van der Waals surface area contributed by atoms with Crippen LogP contribution in [-0.4, -0.2) is 52.3 Å². The van der Waals surface area contributed by atoms with Gasteiger partial charge in [0.25, 0.3) is 5.91 Å². The summed E-state index contributed by atoms with van der Waals surface area (Å²) in [4.78, 5) is 16.1. The molecular formula is C19H23F3N4O. The Balaban J connectivity index is 1.85. The average molecular weight is 380 g/mol. The van der Waals surface area contributed by atoms with Gasteiger partial charge in [-0.2, -0.15) is 18.3 Å². The third-order valence-corrected chi connectivity index (χ3v) is 4.68. The normalized spacial score (nSPS) is 14.9. The standard InChI is InChI=1S/C19H23F3N4O/c1-24(2)18(27)17-15-13-25(12-14-6-4-3-5-7-14)10-8-16(15)26(23-17)11-9-19(20,21)22/h3-7H,8-13H2,1-2H3. The van der Waals surface area contributed by atoms with Gasteiger partial charge in [-0.1, -0.05) is 30.3 Å². The Hall–Kier alpha value is -2.35. The SMILES string of the molecule is CN(C)C(=O)c1nn(CCC(F)(F)F)c2c1CN(Cc1ccccc1)CC2. The van der Waals surface area contributed by atoms with Crippen molar-refractivity contribution < 1.29 is 18.0 Å². The molecule has 3 rings (SSSR count). The zero-order chi connectivity index (χ0) is 19.6. The molecule has 0 radical (unpaired) electrons. The van der Waals surface area contributed by atoms with Gasteiger partial charge in [0.05, 0.1) is 6.42 Å². The Labute approximate surface area is 156 Å². The van der Waals surface area contributed by atoms with Gasteiger partial charge in [-0.3, -0.25) is 14.4 Å². The molecule has 0 saturated heterocycles. The van der Waals surface area contributed by atoms with E-state index in [-0.39, 0.29) is 18.1 Å². The lowest BCUT2D eigenvalue weighted by molar-refractivity contribution is -0.137. The van der Waals surface area contributed by atoms with Crippen molar-refractivity contribution in [2.24, 2.45) is 0 Å². The molecule has 0 atom stereocenters. The van der Waals surface area contributed by atoms with Gasteiger partial charge in [-0.25, -0.2) is 0 Å². The summed E-state index contributed by atoms with van der Waals surface area (Å²) in [5.74, 6) is -0.279. The summed E-state index contributed by atoms with van der Waals surface area (Å²) in [7, 11) is 3.24. The van der Waals surface area contributed by atoms with Crippen LogP contribution in [0.4, 0.5) is 13.2 Å². The number of amides is 1. The third kappa shape index (κ3) is 4.68. The molecule has 2 aromatic rings. The number of hydrogen-bond acceptors (Lipinski definition) is 3. The second-order valence-electron chi connectivity index (χ2n) is 7.01. The second-order valence-corrected chi connectivity index (χ2v) is 7.01. The van der Waals surface area contributed by atoms with Gasteiger partial charge in [0, 0.05) is 58.0 Å². The summed E-state index contributed by atoms with van der Waals surface area (Å²) in [6.07, 6.45) is -4.63. The van der Waals surface area contributed by atoms with E-state index in [2.05, 4.69) is 10.00 Å². The number of carbonyl (C=O) groups is 1. The predicted octanol–water partition coefficient (Wildman–Crippen LogP) is 3.10. The van der Waals surface area contributed by atoms with Gasteiger partial charge < -0.3 is 4.90 Å². The minimum Gasteiger partial charge on any atom is -0.343 e. The lowest BCUT2D eigenvalue weighted by atomic mass is 10.0. The Morgan fingerprint density at radius 3 is 2.56 bits per heavy atom. The number of carbonyl (C=O) groups excluding carboxylic acids is 1. The molecule has 2 heterocycles. The first-order valence-electron chi connectivity index (χ1n) is 8.88. The number of benzene rings is 1. The molecule has 146 valence electrons. The molecule has 1 aliphatic heterocycles. The molecule has 0 bridgehead atoms. The van der Waals surface area contributed by atoms with E-state index in [1.165, 1.54) is 9.58 Å². The molecule has 5 nitrogen and oxygen atoms in total. The fourth-order valence-corrected chi connectivity index (χ4v) is 3.32. The smallest absolute Gasteiger partial charge is 0.343 e. The van der Waals surface area contributed by atoms with E-state index in [9.17, 15) is 18.0 Å². The van der Waals surface area contributed by atoms with Crippen LogP contribution in [0.15, 0.2) is 30.3 Å². The molecule has 0 spiro atoms. The van der Waals surface area contributed by atoms with Crippen molar-refractivity contribution in [3.63, 3.8) is 0 Å². The number of halogens is 3. The van der Waals surface area contributed by atoms with Crippen molar-refractivity contribution in [3.8, 4) is 0 Å². The minimum absolute atomic E-state index is 0.259. The number of aromatic nitrogens is 2. The van der Waals surface area contributed by atoms with Crippen LogP contribution in [0.2, 0.25) is 0 Å². The summed E-state index contributed by atoms with van der Waals surface area (Å²) in [5, 5.41) is 4.26. The molecule has 27 heavy (non-hydrogen) atoms. The number of aryl methyl sites for hydroxylation is 1. The third-order valence-electron chi connectivity index (χ3n) is 4.68. The molecule has 0 N–H and O–H groups in total. The quantitative estimate of drug-likeness (QED) is 0.801. The van der Waals surface area contributed by atoms with Crippen LogP contribution in [-0.2, 0) is 26.1 Å². The first kappa shape index (κ1) is 19.4. The van der Waals surface area contributed by atoms with Crippen molar-refractivity contribution in [3.05, 3.63) is 52.8 Å². The first-order valence-corrected chi connectivity index (χ1v) is 8.88. The van der Waals surface area contributed by atoms with Gasteiger partial charge in [-0.15, -0.1) is 0 Å². The zero-order valence-electron chi connectivity index (χ0n) is 15.5. The summed E-state index contributed by atoms with van der Waals surface area (Å²) in [6, 6.07) is 9.97. The number of nitrogens with zero attached hydrogens (tertiary/aromatic N) is 4. The van der Waals surface area contributed by atoms with Crippen molar-refractivity contribution in [1.29, 1.82) is 0 Å². The van der Waals surface area contributed by atoms with E-state index in [1.807, 2.05) is 30.3 Å². The molecule has 0 aliphatic carbocycles. The summed E-state index contributed by atoms with van der Waals surface area (Å²) >= 11 is 0. The highest BCUT2D eigenvalue weighted by molar-refractivity contribution is 5.93. The Morgan fingerprint density at radius 2 is 1.93 bits per heavy atom. The molecular weight excluding hydrogens is 357 g/mol. The maximum absolute atomic E-state index is 12.6. The largest absolute Gasteiger partial charge is 0.390 e. The average Bonchev–Trinajstić information content (AvgIpc) is 2.97. The highest BCUT2D eigenvalue weighted by Crippen LogP contribution is 2.27. The maximum atomic E-state index is 12.6. The van der Waals surface area contributed by atoms with Crippen LogP contribution in [0.3, 0.4) is 0 Å². The van der Waals surface area contributed by atoms with Crippen molar-refractivity contribution in [2.75, 3.05) is 20.6 Å². The van der Waals surface area contributed by atoms with Crippen molar-refractivity contribution >= 4 is 5.91 Å². The highest BCUT2D eigenvalue weighted by atomic mass is 19.4. The molecule has 8 heteroatoms. The van der Waals surface area contributed by atoms with Crippen LogP contribution >= 0.6 is 0 Å². The lowest BCUT2D eigenvalue weighted by Crippen LogP contribution is -2.32. The Kier molecular flexibility index (Phi) is 5.55. The van der Waals surface area contributed by atoms with E-state index in [1.54, 1.807) is 14.1 Å². The number of hydrogen-bond donors (Lipinski definition) is 0. The number of alkyl halides is 3.